The molecule has 0 unspecified atom stereocenters. The first kappa shape index (κ1) is 12.7. The Morgan fingerprint density at radius 2 is 2.21 bits per heavy atom. The van der Waals surface area contributed by atoms with Gasteiger partial charge in [0.2, 0.25) is 11.8 Å². The second-order valence-electron chi connectivity index (χ2n) is 4.10. The second kappa shape index (κ2) is 5.79. The molecule has 1 aliphatic heterocycles. The molecule has 0 saturated heterocycles. The van der Waals surface area contributed by atoms with Crippen molar-refractivity contribution in [2.75, 3.05) is 12.3 Å². The molecule has 6 heteroatoms. The molecule has 2 heterocycles. The molecule has 4 nitrogen and oxygen atoms in total. The van der Waals surface area contributed by atoms with Gasteiger partial charge in [0.25, 0.3) is 0 Å². The van der Waals surface area contributed by atoms with Crippen LogP contribution < -0.4 is 0 Å². The SMILES string of the molecule is Cc1ccccc1-c1nnc(CSC2=NCCS2)o1. The summed E-state index contributed by atoms with van der Waals surface area (Å²) in [6.45, 7) is 2.96. The van der Waals surface area contributed by atoms with Crippen molar-refractivity contribution in [3.05, 3.63) is 35.7 Å². The van der Waals surface area contributed by atoms with Crippen LogP contribution in [0, 0.1) is 6.92 Å². The van der Waals surface area contributed by atoms with Gasteiger partial charge < -0.3 is 4.42 Å². The molecule has 1 aromatic heterocycles. The van der Waals surface area contributed by atoms with Gasteiger partial charge in [0.15, 0.2) is 0 Å². The van der Waals surface area contributed by atoms with E-state index in [1.807, 2.05) is 31.2 Å². The standard InChI is InChI=1S/C13H13N3OS2/c1-9-4-2-3-5-10(9)12-16-15-11(17-12)8-19-13-14-6-7-18-13/h2-5H,6-8H2,1H3. The number of hydrogen-bond acceptors (Lipinski definition) is 6. The number of aliphatic imine (C=N–C) groups is 1. The highest BCUT2D eigenvalue weighted by Crippen LogP contribution is 2.27. The molecule has 2 aromatic rings. The lowest BCUT2D eigenvalue weighted by Gasteiger charge is -1.98. The maximum Gasteiger partial charge on any atom is 0.248 e. The molecule has 0 atom stereocenters. The molecule has 0 fully saturated rings. The van der Waals surface area contributed by atoms with Crippen LogP contribution in [0.4, 0.5) is 0 Å². The maximum absolute atomic E-state index is 5.70. The molecule has 0 saturated carbocycles. The summed E-state index contributed by atoms with van der Waals surface area (Å²) in [5.41, 5.74) is 2.14. The molecule has 0 radical (unpaired) electrons. The van der Waals surface area contributed by atoms with Gasteiger partial charge in [-0.25, -0.2) is 0 Å². The van der Waals surface area contributed by atoms with Crippen molar-refractivity contribution in [3.63, 3.8) is 0 Å². The topological polar surface area (TPSA) is 51.3 Å². The fraction of sp³-hybridized carbons (Fsp3) is 0.308. The zero-order valence-corrected chi connectivity index (χ0v) is 12.1. The summed E-state index contributed by atoms with van der Waals surface area (Å²) in [6, 6.07) is 8.01. The third kappa shape index (κ3) is 3.01. The molecule has 1 aliphatic rings. The average molecular weight is 291 g/mol. The highest BCUT2D eigenvalue weighted by molar-refractivity contribution is 8.38. The van der Waals surface area contributed by atoms with E-state index in [4.69, 9.17) is 4.42 Å². The Labute approximate surface area is 120 Å². The van der Waals surface area contributed by atoms with Gasteiger partial charge in [-0.15, -0.1) is 10.2 Å². The highest BCUT2D eigenvalue weighted by Gasteiger charge is 2.13. The number of hydrogen-bond donors (Lipinski definition) is 0. The van der Waals surface area contributed by atoms with E-state index in [9.17, 15) is 0 Å². The summed E-state index contributed by atoms with van der Waals surface area (Å²) in [5.74, 6) is 3.01. The first-order valence-corrected chi connectivity index (χ1v) is 7.98. The van der Waals surface area contributed by atoms with Crippen molar-refractivity contribution in [2.45, 2.75) is 12.7 Å². The lowest BCUT2D eigenvalue weighted by Crippen LogP contribution is -1.84. The average Bonchev–Trinajstić information content (AvgIpc) is 3.08. The summed E-state index contributed by atoms with van der Waals surface area (Å²) >= 11 is 3.46. The molecule has 0 aliphatic carbocycles. The quantitative estimate of drug-likeness (QED) is 0.867. The van der Waals surface area contributed by atoms with E-state index in [1.165, 1.54) is 0 Å². The van der Waals surface area contributed by atoms with Crippen molar-refractivity contribution >= 4 is 27.9 Å². The summed E-state index contributed by atoms with van der Waals surface area (Å²) in [4.78, 5) is 4.38. The highest BCUT2D eigenvalue weighted by atomic mass is 32.2. The Morgan fingerprint density at radius 1 is 1.32 bits per heavy atom. The van der Waals surface area contributed by atoms with Crippen LogP contribution in [-0.2, 0) is 5.75 Å². The number of aryl methyl sites for hydroxylation is 1. The number of rotatable bonds is 3. The van der Waals surface area contributed by atoms with Crippen molar-refractivity contribution in [3.8, 4) is 11.5 Å². The predicted octanol–water partition coefficient (Wildman–Crippen LogP) is 3.38. The second-order valence-corrected chi connectivity index (χ2v) is 6.41. The lowest BCUT2D eigenvalue weighted by molar-refractivity contribution is 0.528. The first-order valence-electron chi connectivity index (χ1n) is 6.01. The van der Waals surface area contributed by atoms with E-state index in [2.05, 4.69) is 15.2 Å². The van der Waals surface area contributed by atoms with Gasteiger partial charge in [-0.3, -0.25) is 4.99 Å². The Hall–Kier alpha value is -1.27. The molecule has 19 heavy (non-hydrogen) atoms. The zero-order valence-electron chi connectivity index (χ0n) is 10.5. The zero-order chi connectivity index (χ0) is 13.1. The third-order valence-corrected chi connectivity index (χ3v) is 4.96. The van der Waals surface area contributed by atoms with Gasteiger partial charge in [0.05, 0.1) is 12.3 Å². The van der Waals surface area contributed by atoms with Crippen molar-refractivity contribution in [2.24, 2.45) is 4.99 Å². The minimum atomic E-state index is 0.592. The normalized spacial score (nSPS) is 14.7. The molecule has 0 spiro atoms. The first-order chi connectivity index (χ1) is 9.33. The Balaban J connectivity index is 1.71. The van der Waals surface area contributed by atoms with E-state index in [0.717, 1.165) is 27.8 Å². The van der Waals surface area contributed by atoms with E-state index in [1.54, 1.807) is 23.5 Å². The molecule has 0 amide bonds. The summed E-state index contributed by atoms with van der Waals surface area (Å²) < 4.78 is 6.82. The fourth-order valence-corrected chi connectivity index (χ4v) is 3.61. The molecule has 0 N–H and O–H groups in total. The molecule has 3 rings (SSSR count). The van der Waals surface area contributed by atoms with Crippen LogP contribution in [0.3, 0.4) is 0 Å². The van der Waals surface area contributed by atoms with Gasteiger partial charge in [-0.2, -0.15) is 0 Å². The molecular weight excluding hydrogens is 278 g/mol. The van der Waals surface area contributed by atoms with E-state index >= 15 is 0 Å². The lowest BCUT2D eigenvalue weighted by atomic mass is 10.1. The van der Waals surface area contributed by atoms with Crippen LogP contribution in [0.2, 0.25) is 0 Å². The summed E-state index contributed by atoms with van der Waals surface area (Å²) in [7, 11) is 0. The number of thioether (sulfide) groups is 2. The molecule has 1 aromatic carbocycles. The minimum absolute atomic E-state index is 0.592. The summed E-state index contributed by atoms with van der Waals surface area (Å²) in [6.07, 6.45) is 0. The monoisotopic (exact) mass is 291 g/mol. The largest absolute Gasteiger partial charge is 0.420 e. The number of benzene rings is 1. The maximum atomic E-state index is 5.70. The van der Waals surface area contributed by atoms with Gasteiger partial charge in [-0.05, 0) is 18.6 Å². The van der Waals surface area contributed by atoms with Crippen LogP contribution in [0.5, 0.6) is 0 Å². The minimum Gasteiger partial charge on any atom is -0.420 e. The van der Waals surface area contributed by atoms with Gasteiger partial charge in [0, 0.05) is 11.3 Å². The van der Waals surface area contributed by atoms with E-state index < -0.39 is 0 Å². The van der Waals surface area contributed by atoms with E-state index in [0.29, 0.717) is 17.5 Å². The van der Waals surface area contributed by atoms with Crippen molar-refractivity contribution < 1.29 is 4.42 Å². The molecule has 98 valence electrons. The van der Waals surface area contributed by atoms with Gasteiger partial charge in [0.1, 0.15) is 4.38 Å². The summed E-state index contributed by atoms with van der Waals surface area (Å²) in [5, 5.41) is 8.21. The van der Waals surface area contributed by atoms with Crippen LogP contribution >= 0.6 is 23.5 Å². The Kier molecular flexibility index (Phi) is 3.89. The molecular formula is C13H13N3OS2. The van der Waals surface area contributed by atoms with Gasteiger partial charge >= 0.3 is 0 Å². The number of aromatic nitrogens is 2. The third-order valence-electron chi connectivity index (χ3n) is 2.72. The van der Waals surface area contributed by atoms with Gasteiger partial charge in [-0.1, -0.05) is 41.7 Å². The van der Waals surface area contributed by atoms with Crippen LogP contribution in [0.15, 0.2) is 33.7 Å². The molecule has 0 bridgehead atoms. The Bertz CT molecular complexity index is 609. The Morgan fingerprint density at radius 3 is 3.00 bits per heavy atom. The van der Waals surface area contributed by atoms with E-state index in [-0.39, 0.29) is 0 Å². The van der Waals surface area contributed by atoms with Crippen molar-refractivity contribution in [1.82, 2.24) is 10.2 Å². The predicted molar refractivity (Wildman–Crippen MR) is 80.5 cm³/mol. The fourth-order valence-electron chi connectivity index (χ4n) is 1.76. The number of nitrogens with zero attached hydrogens (tertiary/aromatic N) is 3. The van der Waals surface area contributed by atoms with Crippen LogP contribution in [0.1, 0.15) is 11.5 Å². The smallest absolute Gasteiger partial charge is 0.248 e. The van der Waals surface area contributed by atoms with Crippen LogP contribution in [0.25, 0.3) is 11.5 Å². The van der Waals surface area contributed by atoms with Crippen molar-refractivity contribution in [1.29, 1.82) is 0 Å². The van der Waals surface area contributed by atoms with Crippen LogP contribution in [-0.4, -0.2) is 26.9 Å².